The lowest BCUT2D eigenvalue weighted by Crippen LogP contribution is -2.29. The smallest absolute Gasteiger partial charge is 0.251 e. The Morgan fingerprint density at radius 3 is 3.00 bits per heavy atom. The Morgan fingerprint density at radius 2 is 2.22 bits per heavy atom. The first-order chi connectivity index (χ1) is 11.2. The molecule has 118 valence electrons. The highest BCUT2D eigenvalue weighted by Crippen LogP contribution is 2.20. The number of hydrogen-bond acceptors (Lipinski definition) is 4. The number of methoxy groups -OCH3 is 1. The Bertz CT molecular complexity index is 834. The average Bonchev–Trinajstić information content (AvgIpc) is 3.03. The Balaban J connectivity index is 1.69. The van der Waals surface area contributed by atoms with Crippen molar-refractivity contribution in [3.63, 3.8) is 0 Å². The summed E-state index contributed by atoms with van der Waals surface area (Å²) in [5.74, 6) is -0.523. The van der Waals surface area contributed by atoms with Gasteiger partial charge in [-0.2, -0.15) is 0 Å². The van der Waals surface area contributed by atoms with Crippen LogP contribution in [-0.4, -0.2) is 24.5 Å². The summed E-state index contributed by atoms with van der Waals surface area (Å²) in [7, 11) is 1.53. The molecule has 3 rings (SSSR count). The van der Waals surface area contributed by atoms with Crippen molar-refractivity contribution in [2.24, 2.45) is 0 Å². The van der Waals surface area contributed by atoms with Crippen LogP contribution < -0.4 is 5.32 Å². The fourth-order valence-corrected chi connectivity index (χ4v) is 3.04. The van der Waals surface area contributed by atoms with Crippen molar-refractivity contribution in [1.29, 1.82) is 0 Å². The van der Waals surface area contributed by atoms with Gasteiger partial charge in [-0.05, 0) is 35.9 Å². The maximum Gasteiger partial charge on any atom is 0.251 e. The van der Waals surface area contributed by atoms with Crippen LogP contribution in [0.4, 0.5) is 4.39 Å². The predicted molar refractivity (Wildman–Crippen MR) is 88.1 cm³/mol. The summed E-state index contributed by atoms with van der Waals surface area (Å²) in [4.78, 5) is 16.5. The van der Waals surface area contributed by atoms with Gasteiger partial charge in [-0.3, -0.25) is 4.79 Å². The highest BCUT2D eigenvalue weighted by Gasteiger charge is 2.14. The normalized spacial score (nSPS) is 12.3. The fourth-order valence-electron chi connectivity index (χ4n) is 2.33. The Kier molecular flexibility index (Phi) is 4.64. The largest absolute Gasteiger partial charge is 0.375 e. The van der Waals surface area contributed by atoms with E-state index in [9.17, 15) is 9.18 Å². The molecular weight excluding hydrogens is 315 g/mol. The lowest BCUT2D eigenvalue weighted by atomic mass is 10.1. The molecule has 0 saturated heterocycles. The molecule has 1 atom stereocenters. The minimum atomic E-state index is -0.401. The number of thiazole rings is 1. The number of amides is 1. The van der Waals surface area contributed by atoms with E-state index in [4.69, 9.17) is 4.74 Å². The molecule has 0 fully saturated rings. The molecule has 0 aliphatic heterocycles. The molecule has 0 bridgehead atoms. The molecular formula is C17H15FN2O2S. The van der Waals surface area contributed by atoms with Crippen molar-refractivity contribution in [2.45, 2.75) is 6.10 Å². The van der Waals surface area contributed by atoms with Crippen LogP contribution in [0, 0.1) is 5.82 Å². The molecule has 0 radical (unpaired) electrons. The van der Waals surface area contributed by atoms with E-state index in [1.54, 1.807) is 23.7 Å². The van der Waals surface area contributed by atoms with Crippen molar-refractivity contribution < 1.29 is 13.9 Å². The van der Waals surface area contributed by atoms with Gasteiger partial charge < -0.3 is 10.1 Å². The Hall–Kier alpha value is -2.31. The van der Waals surface area contributed by atoms with Crippen molar-refractivity contribution in [2.75, 3.05) is 13.7 Å². The molecule has 3 aromatic rings. The molecule has 1 aromatic heterocycles. The van der Waals surface area contributed by atoms with Crippen LogP contribution in [0.2, 0.25) is 0 Å². The van der Waals surface area contributed by atoms with Crippen molar-refractivity contribution >= 4 is 27.5 Å². The number of halogens is 1. The summed E-state index contributed by atoms with van der Waals surface area (Å²) in [5.41, 5.74) is 3.87. The summed E-state index contributed by atoms with van der Waals surface area (Å²) < 4.78 is 19.6. The van der Waals surface area contributed by atoms with E-state index < -0.39 is 6.10 Å². The number of aromatic nitrogens is 1. The fraction of sp³-hybridized carbons (Fsp3) is 0.176. The van der Waals surface area contributed by atoms with Gasteiger partial charge in [0.1, 0.15) is 5.82 Å². The minimum Gasteiger partial charge on any atom is -0.375 e. The van der Waals surface area contributed by atoms with Crippen LogP contribution in [0.3, 0.4) is 0 Å². The third kappa shape index (κ3) is 3.55. The zero-order valence-electron chi connectivity index (χ0n) is 12.5. The zero-order chi connectivity index (χ0) is 16.2. The van der Waals surface area contributed by atoms with Gasteiger partial charge in [0.25, 0.3) is 5.91 Å². The topological polar surface area (TPSA) is 51.2 Å². The number of hydrogen-bond donors (Lipinski definition) is 1. The average molecular weight is 330 g/mol. The molecule has 0 aliphatic carbocycles. The number of carbonyl (C=O) groups excluding carboxylic acids is 1. The number of nitrogens with zero attached hydrogens (tertiary/aromatic N) is 1. The summed E-state index contributed by atoms with van der Waals surface area (Å²) in [6.07, 6.45) is -0.401. The van der Waals surface area contributed by atoms with E-state index >= 15 is 0 Å². The lowest BCUT2D eigenvalue weighted by Gasteiger charge is -2.16. The SMILES string of the molecule is CO[C@H](CNC(=O)c1ccc2ncsc2c1)c1cccc(F)c1. The molecule has 0 spiro atoms. The van der Waals surface area contributed by atoms with Crippen LogP contribution in [0.1, 0.15) is 22.0 Å². The molecule has 6 heteroatoms. The molecule has 0 saturated carbocycles. The predicted octanol–water partition coefficient (Wildman–Crippen LogP) is 3.55. The van der Waals surface area contributed by atoms with Crippen LogP contribution >= 0.6 is 11.3 Å². The van der Waals surface area contributed by atoms with Gasteiger partial charge in [0.05, 0.1) is 21.8 Å². The van der Waals surface area contributed by atoms with Gasteiger partial charge in [0.15, 0.2) is 0 Å². The molecule has 23 heavy (non-hydrogen) atoms. The van der Waals surface area contributed by atoms with Crippen LogP contribution in [0.25, 0.3) is 10.2 Å². The second kappa shape index (κ2) is 6.85. The number of fused-ring (bicyclic) bond motifs is 1. The molecule has 0 unspecified atom stereocenters. The number of carbonyl (C=O) groups is 1. The first-order valence-electron chi connectivity index (χ1n) is 7.07. The molecule has 1 heterocycles. The van der Waals surface area contributed by atoms with Crippen LogP contribution in [0.5, 0.6) is 0 Å². The Labute approximate surface area is 136 Å². The number of rotatable bonds is 5. The third-order valence-corrected chi connectivity index (χ3v) is 4.34. The number of benzene rings is 2. The lowest BCUT2D eigenvalue weighted by molar-refractivity contribution is 0.0827. The summed E-state index contributed by atoms with van der Waals surface area (Å²) in [6, 6.07) is 11.5. The maximum atomic E-state index is 13.3. The highest BCUT2D eigenvalue weighted by atomic mass is 32.1. The third-order valence-electron chi connectivity index (χ3n) is 3.55. The van der Waals surface area contributed by atoms with Gasteiger partial charge in [-0.1, -0.05) is 12.1 Å². The van der Waals surface area contributed by atoms with E-state index in [1.807, 2.05) is 12.1 Å². The van der Waals surface area contributed by atoms with Gasteiger partial charge >= 0.3 is 0 Å². The molecule has 1 N–H and O–H groups in total. The van der Waals surface area contributed by atoms with Crippen LogP contribution in [-0.2, 0) is 4.74 Å². The zero-order valence-corrected chi connectivity index (χ0v) is 13.3. The molecule has 4 nitrogen and oxygen atoms in total. The monoisotopic (exact) mass is 330 g/mol. The second-order valence-corrected chi connectivity index (χ2v) is 5.91. The van der Waals surface area contributed by atoms with E-state index in [0.717, 1.165) is 10.2 Å². The van der Waals surface area contributed by atoms with E-state index in [1.165, 1.54) is 30.6 Å². The second-order valence-electron chi connectivity index (χ2n) is 5.02. The highest BCUT2D eigenvalue weighted by molar-refractivity contribution is 7.16. The number of ether oxygens (including phenoxy) is 1. The number of nitrogens with one attached hydrogen (secondary N) is 1. The van der Waals surface area contributed by atoms with Crippen molar-refractivity contribution in [3.05, 3.63) is 64.9 Å². The standard InChI is InChI=1S/C17H15FN2O2S/c1-22-15(11-3-2-4-13(18)7-11)9-19-17(21)12-5-6-14-16(8-12)23-10-20-14/h2-8,10,15H,9H2,1H3,(H,19,21)/t15-/m1/s1. The van der Waals surface area contributed by atoms with Gasteiger partial charge in [-0.15, -0.1) is 11.3 Å². The first-order valence-corrected chi connectivity index (χ1v) is 7.95. The Morgan fingerprint density at radius 1 is 1.35 bits per heavy atom. The first kappa shape index (κ1) is 15.6. The minimum absolute atomic E-state index is 0.196. The summed E-state index contributed by atoms with van der Waals surface area (Å²) in [5, 5.41) is 2.82. The summed E-state index contributed by atoms with van der Waals surface area (Å²) in [6.45, 7) is 0.263. The molecule has 2 aromatic carbocycles. The van der Waals surface area contributed by atoms with Gasteiger partial charge in [-0.25, -0.2) is 9.37 Å². The van der Waals surface area contributed by atoms with E-state index in [2.05, 4.69) is 10.3 Å². The van der Waals surface area contributed by atoms with Gasteiger partial charge in [0, 0.05) is 19.2 Å². The van der Waals surface area contributed by atoms with Crippen molar-refractivity contribution in [1.82, 2.24) is 10.3 Å². The van der Waals surface area contributed by atoms with Gasteiger partial charge in [0.2, 0.25) is 0 Å². The van der Waals surface area contributed by atoms with E-state index in [0.29, 0.717) is 11.1 Å². The quantitative estimate of drug-likeness (QED) is 0.778. The maximum absolute atomic E-state index is 13.3. The van der Waals surface area contributed by atoms with Crippen LogP contribution in [0.15, 0.2) is 48.0 Å². The van der Waals surface area contributed by atoms with Crippen molar-refractivity contribution in [3.8, 4) is 0 Å². The molecule has 1 amide bonds. The summed E-state index contributed by atoms with van der Waals surface area (Å²) >= 11 is 1.49. The molecule has 0 aliphatic rings. The van der Waals surface area contributed by atoms with E-state index in [-0.39, 0.29) is 18.3 Å².